The molecule has 0 spiro atoms. The normalized spacial score (nSPS) is 20.9. The van der Waals surface area contributed by atoms with Gasteiger partial charge in [0.25, 0.3) is 0 Å². The van der Waals surface area contributed by atoms with Crippen LogP contribution in [0.15, 0.2) is 35.3 Å². The predicted octanol–water partition coefficient (Wildman–Crippen LogP) is 0.950. The van der Waals surface area contributed by atoms with E-state index in [2.05, 4.69) is 15.6 Å². The number of nitrogens with one attached hydrogen (secondary N) is 2. The highest BCUT2D eigenvalue weighted by Crippen LogP contribution is 2.11. The molecule has 136 valence electrons. The zero-order valence-electron chi connectivity index (χ0n) is 13.8. The molecule has 24 heavy (non-hydrogen) atoms. The van der Waals surface area contributed by atoms with Gasteiger partial charge in [0, 0.05) is 19.0 Å². The quantitative estimate of drug-likeness (QED) is 0.329. The van der Waals surface area contributed by atoms with Crippen LogP contribution in [0.4, 0.5) is 0 Å². The van der Waals surface area contributed by atoms with Crippen molar-refractivity contribution in [3.63, 3.8) is 0 Å². The average molecular weight is 467 g/mol. The summed E-state index contributed by atoms with van der Waals surface area (Å²) >= 11 is 0. The van der Waals surface area contributed by atoms with E-state index < -0.39 is 15.9 Å². The van der Waals surface area contributed by atoms with E-state index in [-0.39, 0.29) is 48.1 Å². The number of guanidine groups is 1. The number of benzene rings is 1. The topological polar surface area (TPSA) is 90.8 Å². The molecular formula is C16H26IN3O3S. The number of sulfone groups is 1. The standard InChI is InChI=1S/C16H25N3O3S.HI/c1-2-17-16(19-14-8-9-23(21,22)12-14)18-11-15(20)10-13-6-4-3-5-7-13;/h3-7,14-15,20H,2,8-12H2,1H3,(H2,17,18,19);1H. The van der Waals surface area contributed by atoms with Crippen LogP contribution < -0.4 is 10.6 Å². The van der Waals surface area contributed by atoms with Crippen LogP contribution in [0.2, 0.25) is 0 Å². The van der Waals surface area contributed by atoms with Crippen LogP contribution in [0.5, 0.6) is 0 Å². The summed E-state index contributed by atoms with van der Waals surface area (Å²) in [6.07, 6.45) is 0.570. The van der Waals surface area contributed by atoms with Crippen LogP contribution in [0.3, 0.4) is 0 Å². The second-order valence-corrected chi connectivity index (χ2v) is 8.04. The SMILES string of the molecule is CCNC(=NCC(O)Cc1ccccc1)NC1CCS(=O)(=O)C1.I. The van der Waals surface area contributed by atoms with Gasteiger partial charge in [-0.3, -0.25) is 4.99 Å². The minimum atomic E-state index is -2.92. The van der Waals surface area contributed by atoms with E-state index in [1.807, 2.05) is 37.3 Å². The van der Waals surface area contributed by atoms with Crippen LogP contribution in [0.25, 0.3) is 0 Å². The summed E-state index contributed by atoms with van der Waals surface area (Å²) in [5.74, 6) is 0.923. The molecule has 2 rings (SSSR count). The second kappa shape index (κ2) is 10.2. The largest absolute Gasteiger partial charge is 0.391 e. The summed E-state index contributed by atoms with van der Waals surface area (Å²) in [5, 5.41) is 16.3. The second-order valence-electron chi connectivity index (χ2n) is 5.81. The Morgan fingerprint density at radius 3 is 2.67 bits per heavy atom. The van der Waals surface area contributed by atoms with Gasteiger partial charge in [-0.05, 0) is 18.9 Å². The van der Waals surface area contributed by atoms with Crippen LogP contribution >= 0.6 is 24.0 Å². The smallest absolute Gasteiger partial charge is 0.191 e. The molecule has 6 nitrogen and oxygen atoms in total. The maximum absolute atomic E-state index is 11.5. The first-order chi connectivity index (χ1) is 11.0. The van der Waals surface area contributed by atoms with E-state index in [4.69, 9.17) is 0 Å². The lowest BCUT2D eigenvalue weighted by Gasteiger charge is -2.16. The third kappa shape index (κ3) is 7.35. The molecule has 1 heterocycles. The highest BCUT2D eigenvalue weighted by atomic mass is 127. The van der Waals surface area contributed by atoms with Gasteiger partial charge in [0.05, 0.1) is 24.2 Å². The number of hydrogen-bond donors (Lipinski definition) is 3. The Balaban J connectivity index is 0.00000288. The summed E-state index contributed by atoms with van der Waals surface area (Å²) in [6, 6.07) is 9.66. The Morgan fingerprint density at radius 1 is 1.38 bits per heavy atom. The Kier molecular flexibility index (Phi) is 8.99. The van der Waals surface area contributed by atoms with Gasteiger partial charge in [-0.1, -0.05) is 30.3 Å². The Morgan fingerprint density at radius 2 is 2.08 bits per heavy atom. The van der Waals surface area contributed by atoms with Gasteiger partial charge < -0.3 is 15.7 Å². The number of rotatable bonds is 6. The van der Waals surface area contributed by atoms with E-state index in [1.54, 1.807) is 0 Å². The fourth-order valence-electron chi connectivity index (χ4n) is 2.57. The monoisotopic (exact) mass is 467 g/mol. The van der Waals surface area contributed by atoms with Crippen LogP contribution in [-0.2, 0) is 16.3 Å². The molecule has 0 aliphatic carbocycles. The highest BCUT2D eigenvalue weighted by Gasteiger charge is 2.28. The Bertz CT molecular complexity index is 623. The fourth-order valence-corrected chi connectivity index (χ4v) is 4.24. The first-order valence-corrected chi connectivity index (χ1v) is 9.78. The van der Waals surface area contributed by atoms with E-state index in [0.717, 1.165) is 5.56 Å². The molecule has 0 amide bonds. The van der Waals surface area contributed by atoms with Gasteiger partial charge in [-0.15, -0.1) is 24.0 Å². The van der Waals surface area contributed by atoms with E-state index in [1.165, 1.54) is 0 Å². The minimum absolute atomic E-state index is 0. The molecule has 1 saturated heterocycles. The number of hydrogen-bond acceptors (Lipinski definition) is 4. The molecule has 0 radical (unpaired) electrons. The molecule has 0 aromatic heterocycles. The van der Waals surface area contributed by atoms with E-state index >= 15 is 0 Å². The zero-order valence-corrected chi connectivity index (χ0v) is 17.0. The molecule has 1 aliphatic heterocycles. The lowest BCUT2D eigenvalue weighted by atomic mass is 10.1. The summed E-state index contributed by atoms with van der Waals surface area (Å²) < 4.78 is 23.0. The van der Waals surface area contributed by atoms with Crippen molar-refractivity contribution in [3.05, 3.63) is 35.9 Å². The van der Waals surface area contributed by atoms with Crippen molar-refractivity contribution in [2.24, 2.45) is 4.99 Å². The molecule has 2 atom stereocenters. The van der Waals surface area contributed by atoms with Gasteiger partial charge >= 0.3 is 0 Å². The molecule has 3 N–H and O–H groups in total. The lowest BCUT2D eigenvalue weighted by molar-refractivity contribution is 0.183. The molecule has 1 aromatic rings. The maximum atomic E-state index is 11.5. The molecule has 1 aliphatic rings. The van der Waals surface area contributed by atoms with Crippen LogP contribution in [0, 0.1) is 0 Å². The summed E-state index contributed by atoms with van der Waals surface area (Å²) in [7, 11) is -2.92. The van der Waals surface area contributed by atoms with Crippen molar-refractivity contribution in [2.75, 3.05) is 24.6 Å². The molecule has 8 heteroatoms. The van der Waals surface area contributed by atoms with Crippen molar-refractivity contribution in [3.8, 4) is 0 Å². The van der Waals surface area contributed by atoms with Crippen molar-refractivity contribution < 1.29 is 13.5 Å². The molecule has 1 aromatic carbocycles. The average Bonchev–Trinajstić information content (AvgIpc) is 2.85. The first-order valence-electron chi connectivity index (χ1n) is 7.96. The van der Waals surface area contributed by atoms with Crippen molar-refractivity contribution >= 4 is 39.8 Å². The predicted molar refractivity (Wildman–Crippen MR) is 108 cm³/mol. The fraction of sp³-hybridized carbons (Fsp3) is 0.562. The van der Waals surface area contributed by atoms with E-state index in [9.17, 15) is 13.5 Å². The molecule has 1 fully saturated rings. The minimum Gasteiger partial charge on any atom is -0.391 e. The van der Waals surface area contributed by atoms with Gasteiger partial charge in [0.15, 0.2) is 15.8 Å². The van der Waals surface area contributed by atoms with Gasteiger partial charge in [0.2, 0.25) is 0 Å². The molecule has 0 bridgehead atoms. The Hall–Kier alpha value is -0.870. The third-order valence-corrected chi connectivity index (χ3v) is 5.46. The van der Waals surface area contributed by atoms with Gasteiger partial charge in [0.1, 0.15) is 0 Å². The number of aliphatic hydroxyl groups is 1. The maximum Gasteiger partial charge on any atom is 0.191 e. The number of nitrogens with zero attached hydrogens (tertiary/aromatic N) is 1. The highest BCUT2D eigenvalue weighted by molar-refractivity contribution is 14.0. The third-order valence-electron chi connectivity index (χ3n) is 3.69. The van der Waals surface area contributed by atoms with E-state index in [0.29, 0.717) is 25.3 Å². The molecule has 0 saturated carbocycles. The summed E-state index contributed by atoms with van der Waals surface area (Å²) in [4.78, 5) is 4.37. The first kappa shape index (κ1) is 21.2. The number of aliphatic imine (C=N–C) groups is 1. The van der Waals surface area contributed by atoms with Crippen molar-refractivity contribution in [1.82, 2.24) is 10.6 Å². The van der Waals surface area contributed by atoms with Gasteiger partial charge in [-0.25, -0.2) is 8.42 Å². The summed E-state index contributed by atoms with van der Waals surface area (Å²) in [6.45, 7) is 2.90. The lowest BCUT2D eigenvalue weighted by Crippen LogP contribution is -2.44. The van der Waals surface area contributed by atoms with Crippen LogP contribution in [0.1, 0.15) is 18.9 Å². The number of aliphatic hydroxyl groups excluding tert-OH is 1. The van der Waals surface area contributed by atoms with Crippen molar-refractivity contribution in [1.29, 1.82) is 0 Å². The van der Waals surface area contributed by atoms with Gasteiger partial charge in [-0.2, -0.15) is 0 Å². The molecular weight excluding hydrogens is 441 g/mol. The Labute approximate surface area is 161 Å². The number of halogens is 1. The molecule has 2 unspecified atom stereocenters. The van der Waals surface area contributed by atoms with Crippen LogP contribution in [-0.4, -0.2) is 56.2 Å². The zero-order chi connectivity index (χ0) is 16.7. The van der Waals surface area contributed by atoms with Crippen molar-refractivity contribution in [2.45, 2.75) is 31.9 Å². The summed E-state index contributed by atoms with van der Waals surface area (Å²) in [5.41, 5.74) is 1.06.